The van der Waals surface area contributed by atoms with E-state index in [9.17, 15) is 8.42 Å². The number of rotatable bonds is 2. The summed E-state index contributed by atoms with van der Waals surface area (Å²) in [5.74, 6) is 0. The van der Waals surface area contributed by atoms with E-state index < -0.39 is 10.0 Å². The highest BCUT2D eigenvalue weighted by atomic mass is 32.2. The second-order valence-electron chi connectivity index (χ2n) is 2.84. The minimum Gasteiger partial charge on any atom is -0.274 e. The summed E-state index contributed by atoms with van der Waals surface area (Å²) in [5.41, 5.74) is 0.767. The first kappa shape index (κ1) is 9.32. The van der Waals surface area contributed by atoms with Gasteiger partial charge < -0.3 is 0 Å². The average molecular weight is 187 g/mol. The third-order valence-electron chi connectivity index (χ3n) is 1.84. The second-order valence-corrected chi connectivity index (χ2v) is 4.85. The first-order chi connectivity index (χ1) is 5.52. The largest absolute Gasteiger partial charge is 0.274 e. The molecule has 1 aliphatic rings. The van der Waals surface area contributed by atoms with Crippen molar-refractivity contribution in [1.82, 2.24) is 4.31 Å². The molecule has 1 aliphatic carbocycles. The van der Waals surface area contributed by atoms with Gasteiger partial charge in [-0.25, -0.2) is 8.42 Å². The lowest BCUT2D eigenvalue weighted by molar-refractivity contribution is 0.534. The second kappa shape index (κ2) is 3.31. The Morgan fingerprint density at radius 2 is 2.08 bits per heavy atom. The monoisotopic (exact) mass is 187 g/mol. The molecule has 68 valence electrons. The topological polar surface area (TPSA) is 37.4 Å². The minimum absolute atomic E-state index is 0.767. The molecule has 0 aliphatic heterocycles. The van der Waals surface area contributed by atoms with E-state index in [1.165, 1.54) is 10.6 Å². The van der Waals surface area contributed by atoms with Gasteiger partial charge in [0.05, 0.1) is 6.26 Å². The summed E-state index contributed by atoms with van der Waals surface area (Å²) in [5, 5.41) is 0. The van der Waals surface area contributed by atoms with Gasteiger partial charge in [-0.3, -0.25) is 4.31 Å². The Labute approximate surface area is 73.4 Å². The van der Waals surface area contributed by atoms with Crippen LogP contribution in [-0.4, -0.2) is 26.0 Å². The Hall–Kier alpha value is -0.770. The van der Waals surface area contributed by atoms with Crippen LogP contribution in [0.2, 0.25) is 0 Å². The molecule has 0 N–H and O–H groups in total. The van der Waals surface area contributed by atoms with Crippen LogP contribution in [0.4, 0.5) is 0 Å². The molecule has 0 aromatic carbocycles. The number of likely N-dealkylation sites (N-methyl/N-ethyl adjacent to an activating group) is 1. The molecular formula is C8H13NO2S. The highest BCUT2D eigenvalue weighted by molar-refractivity contribution is 7.88. The van der Waals surface area contributed by atoms with Crippen LogP contribution in [0, 0.1) is 0 Å². The van der Waals surface area contributed by atoms with E-state index in [2.05, 4.69) is 0 Å². The molecule has 0 atom stereocenters. The van der Waals surface area contributed by atoms with Gasteiger partial charge in [-0.05, 0) is 18.9 Å². The highest BCUT2D eigenvalue weighted by Gasteiger charge is 2.12. The van der Waals surface area contributed by atoms with Gasteiger partial charge >= 0.3 is 0 Å². The highest BCUT2D eigenvalue weighted by Crippen LogP contribution is 2.14. The zero-order chi connectivity index (χ0) is 9.19. The van der Waals surface area contributed by atoms with Crippen molar-refractivity contribution in [3.8, 4) is 0 Å². The summed E-state index contributed by atoms with van der Waals surface area (Å²) in [4.78, 5) is 0. The van der Waals surface area contributed by atoms with E-state index in [1.807, 2.05) is 18.2 Å². The first-order valence-electron chi connectivity index (χ1n) is 3.82. The van der Waals surface area contributed by atoms with Crippen molar-refractivity contribution in [2.75, 3.05) is 13.3 Å². The van der Waals surface area contributed by atoms with Gasteiger partial charge in [-0.15, -0.1) is 0 Å². The van der Waals surface area contributed by atoms with Crippen LogP contribution in [0.3, 0.4) is 0 Å². The lowest BCUT2D eigenvalue weighted by Gasteiger charge is -2.19. The number of sulfonamides is 1. The average Bonchev–Trinajstić information content (AvgIpc) is 2.03. The van der Waals surface area contributed by atoms with E-state index in [0.717, 1.165) is 18.5 Å². The molecule has 4 heteroatoms. The van der Waals surface area contributed by atoms with E-state index in [1.54, 1.807) is 7.05 Å². The first-order valence-corrected chi connectivity index (χ1v) is 5.67. The summed E-state index contributed by atoms with van der Waals surface area (Å²) < 4.78 is 23.5. The summed E-state index contributed by atoms with van der Waals surface area (Å²) >= 11 is 0. The predicted molar refractivity (Wildman–Crippen MR) is 49.1 cm³/mol. The van der Waals surface area contributed by atoms with Crippen molar-refractivity contribution in [1.29, 1.82) is 0 Å². The molecule has 12 heavy (non-hydrogen) atoms. The molecule has 0 aromatic rings. The van der Waals surface area contributed by atoms with Crippen LogP contribution in [0.5, 0.6) is 0 Å². The molecule has 0 fully saturated rings. The number of nitrogens with zero attached hydrogens (tertiary/aromatic N) is 1. The summed E-state index contributed by atoms with van der Waals surface area (Å²) in [6.07, 6.45) is 8.88. The Balaban J connectivity index is 2.84. The van der Waals surface area contributed by atoms with Crippen molar-refractivity contribution in [2.24, 2.45) is 0 Å². The zero-order valence-electron chi connectivity index (χ0n) is 7.32. The third-order valence-corrected chi connectivity index (χ3v) is 3.04. The van der Waals surface area contributed by atoms with Crippen LogP contribution < -0.4 is 0 Å². The molecule has 0 unspecified atom stereocenters. The van der Waals surface area contributed by atoms with E-state index in [0.29, 0.717) is 0 Å². The minimum atomic E-state index is -3.09. The third kappa shape index (κ3) is 2.11. The maximum Gasteiger partial charge on any atom is 0.231 e. The smallest absolute Gasteiger partial charge is 0.231 e. The van der Waals surface area contributed by atoms with Gasteiger partial charge in [0, 0.05) is 12.7 Å². The van der Waals surface area contributed by atoms with Crippen LogP contribution in [-0.2, 0) is 10.0 Å². The molecule has 0 radical (unpaired) electrons. The van der Waals surface area contributed by atoms with Crippen molar-refractivity contribution < 1.29 is 8.42 Å². The molecule has 0 saturated carbocycles. The molecule has 0 saturated heterocycles. The summed E-state index contributed by atoms with van der Waals surface area (Å²) in [6.45, 7) is 0. The van der Waals surface area contributed by atoms with E-state index in [-0.39, 0.29) is 0 Å². The van der Waals surface area contributed by atoms with Crippen molar-refractivity contribution in [3.63, 3.8) is 0 Å². The molecule has 0 bridgehead atoms. The van der Waals surface area contributed by atoms with Crippen LogP contribution >= 0.6 is 0 Å². The Morgan fingerprint density at radius 3 is 2.50 bits per heavy atom. The van der Waals surface area contributed by atoms with E-state index >= 15 is 0 Å². The van der Waals surface area contributed by atoms with Crippen molar-refractivity contribution in [2.45, 2.75) is 12.8 Å². The predicted octanol–water partition coefficient (Wildman–Crippen LogP) is 1.11. The lowest BCUT2D eigenvalue weighted by atomic mass is 10.1. The van der Waals surface area contributed by atoms with Gasteiger partial charge in [0.2, 0.25) is 10.0 Å². The molecule has 0 amide bonds. The number of allylic oxidation sites excluding steroid dienone is 3. The maximum atomic E-state index is 11.1. The van der Waals surface area contributed by atoms with Crippen LogP contribution in [0.25, 0.3) is 0 Å². The van der Waals surface area contributed by atoms with Crippen molar-refractivity contribution in [3.05, 3.63) is 23.9 Å². The molecular weight excluding hydrogens is 174 g/mol. The summed E-state index contributed by atoms with van der Waals surface area (Å²) in [6, 6.07) is 0. The Morgan fingerprint density at radius 1 is 1.42 bits per heavy atom. The quantitative estimate of drug-likeness (QED) is 0.649. The van der Waals surface area contributed by atoms with Gasteiger partial charge in [-0.1, -0.05) is 12.2 Å². The fraction of sp³-hybridized carbons (Fsp3) is 0.500. The van der Waals surface area contributed by atoms with Gasteiger partial charge in [0.1, 0.15) is 0 Å². The SMILES string of the molecule is CN(C1=CCCC=C1)S(C)(=O)=O. The number of hydrogen-bond acceptors (Lipinski definition) is 2. The molecule has 1 rings (SSSR count). The zero-order valence-corrected chi connectivity index (χ0v) is 8.13. The maximum absolute atomic E-state index is 11.1. The molecule has 3 nitrogen and oxygen atoms in total. The Kier molecular flexibility index (Phi) is 2.57. The lowest BCUT2D eigenvalue weighted by Crippen LogP contribution is -2.24. The Bertz CT molecular complexity index is 314. The van der Waals surface area contributed by atoms with Crippen LogP contribution in [0.15, 0.2) is 23.9 Å². The fourth-order valence-electron chi connectivity index (χ4n) is 1.02. The van der Waals surface area contributed by atoms with Gasteiger partial charge in [0.15, 0.2) is 0 Å². The molecule has 0 spiro atoms. The van der Waals surface area contributed by atoms with Crippen molar-refractivity contribution >= 4 is 10.0 Å². The molecule has 0 heterocycles. The van der Waals surface area contributed by atoms with Crippen LogP contribution in [0.1, 0.15) is 12.8 Å². The summed E-state index contributed by atoms with van der Waals surface area (Å²) in [7, 11) is -1.52. The van der Waals surface area contributed by atoms with Gasteiger partial charge in [-0.2, -0.15) is 0 Å². The van der Waals surface area contributed by atoms with E-state index in [4.69, 9.17) is 0 Å². The normalized spacial score (nSPS) is 17.3. The number of hydrogen-bond donors (Lipinski definition) is 0. The molecule has 0 aromatic heterocycles. The fourth-order valence-corrected chi connectivity index (χ4v) is 1.54. The standard InChI is InChI=1S/C8H13NO2S/c1-9(12(2,10)11)8-6-4-3-5-7-8/h4,6-7H,3,5H2,1-2H3. The van der Waals surface area contributed by atoms with Gasteiger partial charge in [0.25, 0.3) is 0 Å².